The van der Waals surface area contributed by atoms with Gasteiger partial charge in [-0.3, -0.25) is 10.1 Å². The Bertz CT molecular complexity index is 585. The number of hydrogen-bond donors (Lipinski definition) is 1. The number of amides is 1. The number of nitro groups is 1. The molecule has 1 aromatic carbocycles. The van der Waals surface area contributed by atoms with Crippen LogP contribution in [0.5, 0.6) is 5.75 Å². The second kappa shape index (κ2) is 5.23. The molecule has 1 heterocycles. The molecule has 1 aliphatic carbocycles. The molecule has 1 saturated carbocycles. The molecule has 2 aliphatic rings. The van der Waals surface area contributed by atoms with Crippen molar-refractivity contribution in [3.8, 4) is 5.75 Å². The Morgan fingerprint density at radius 1 is 1.33 bits per heavy atom. The molecule has 3 rings (SSSR count). The van der Waals surface area contributed by atoms with Crippen LogP contribution < -0.4 is 4.74 Å². The van der Waals surface area contributed by atoms with E-state index in [4.69, 9.17) is 9.84 Å². The normalized spacial score (nSPS) is 21.3. The van der Waals surface area contributed by atoms with Gasteiger partial charge in [0, 0.05) is 19.0 Å². The van der Waals surface area contributed by atoms with Crippen LogP contribution >= 0.6 is 0 Å². The summed E-state index contributed by atoms with van der Waals surface area (Å²) in [6, 6.07) is 4.85. The van der Waals surface area contributed by atoms with E-state index in [9.17, 15) is 14.9 Å². The van der Waals surface area contributed by atoms with Gasteiger partial charge in [0.1, 0.15) is 11.9 Å². The van der Waals surface area contributed by atoms with E-state index in [2.05, 4.69) is 0 Å². The first-order chi connectivity index (χ1) is 10.0. The number of hydrogen-bond acceptors (Lipinski definition) is 4. The van der Waals surface area contributed by atoms with Gasteiger partial charge in [-0.15, -0.1) is 0 Å². The van der Waals surface area contributed by atoms with Crippen LogP contribution in [0.25, 0.3) is 0 Å². The van der Waals surface area contributed by atoms with Gasteiger partial charge in [0.05, 0.1) is 17.5 Å². The average Bonchev–Trinajstić information content (AvgIpc) is 3.18. The van der Waals surface area contributed by atoms with Crippen LogP contribution in [0.1, 0.15) is 30.7 Å². The van der Waals surface area contributed by atoms with E-state index in [-0.39, 0.29) is 11.8 Å². The van der Waals surface area contributed by atoms with E-state index >= 15 is 0 Å². The van der Waals surface area contributed by atoms with E-state index in [1.54, 1.807) is 6.07 Å². The van der Waals surface area contributed by atoms with Crippen molar-refractivity contribution in [3.05, 3.63) is 33.9 Å². The summed E-state index contributed by atoms with van der Waals surface area (Å²) in [6.07, 6.45) is 1.51. The Kier molecular flexibility index (Phi) is 3.40. The second-order valence-corrected chi connectivity index (χ2v) is 5.55. The maximum Gasteiger partial charge on any atom is 0.407 e. The van der Waals surface area contributed by atoms with Crippen molar-refractivity contribution in [1.82, 2.24) is 4.90 Å². The van der Waals surface area contributed by atoms with Gasteiger partial charge in [-0.2, -0.15) is 0 Å². The molecule has 0 aromatic heterocycles. The molecule has 0 radical (unpaired) electrons. The summed E-state index contributed by atoms with van der Waals surface area (Å²) in [5.74, 6) is 0.856. The highest BCUT2D eigenvalue weighted by molar-refractivity contribution is 5.65. The topological polar surface area (TPSA) is 92.9 Å². The zero-order valence-electron chi connectivity index (χ0n) is 11.4. The molecule has 0 unspecified atom stereocenters. The largest absolute Gasteiger partial charge is 0.488 e. The molecular formula is C14H16N2O5. The van der Waals surface area contributed by atoms with E-state index in [0.29, 0.717) is 31.2 Å². The number of rotatable bonds is 4. The van der Waals surface area contributed by atoms with Gasteiger partial charge in [-0.05, 0) is 30.4 Å². The summed E-state index contributed by atoms with van der Waals surface area (Å²) >= 11 is 0. The smallest absolute Gasteiger partial charge is 0.407 e. The molecule has 0 bridgehead atoms. The second-order valence-electron chi connectivity index (χ2n) is 5.55. The summed E-state index contributed by atoms with van der Waals surface area (Å²) in [4.78, 5) is 22.7. The van der Waals surface area contributed by atoms with Crippen LogP contribution in [0, 0.1) is 10.1 Å². The highest BCUT2D eigenvalue weighted by Crippen LogP contribution is 2.42. The molecule has 1 aromatic rings. The fourth-order valence-corrected chi connectivity index (χ4v) is 2.62. The third-order valence-electron chi connectivity index (χ3n) is 3.89. The predicted octanol–water partition coefficient (Wildman–Crippen LogP) is 2.60. The lowest BCUT2D eigenvalue weighted by Gasteiger charge is -2.15. The molecule has 1 amide bonds. The minimum Gasteiger partial charge on any atom is -0.488 e. The molecule has 112 valence electrons. The van der Waals surface area contributed by atoms with Crippen molar-refractivity contribution in [3.63, 3.8) is 0 Å². The van der Waals surface area contributed by atoms with Crippen LogP contribution in [0.3, 0.4) is 0 Å². The Morgan fingerprint density at radius 3 is 2.67 bits per heavy atom. The summed E-state index contributed by atoms with van der Waals surface area (Å²) in [6.45, 7) is 0.737. The van der Waals surface area contributed by atoms with Gasteiger partial charge in [0.2, 0.25) is 0 Å². The molecule has 7 heteroatoms. The monoisotopic (exact) mass is 292 g/mol. The Morgan fingerprint density at radius 2 is 2.10 bits per heavy atom. The number of benzene rings is 1. The molecule has 0 spiro atoms. The number of carbonyl (C=O) groups is 1. The van der Waals surface area contributed by atoms with E-state index in [1.807, 2.05) is 6.07 Å². The SMILES string of the molecule is O=C(O)N1CC[C@@H](Oc2cc(C3CC3)cc([N+](=O)[O-])c2)C1. The number of likely N-dealkylation sites (tertiary alicyclic amines) is 1. The lowest BCUT2D eigenvalue weighted by molar-refractivity contribution is -0.385. The number of carboxylic acid groups (broad SMARTS) is 1. The van der Waals surface area contributed by atoms with Crippen molar-refractivity contribution in [1.29, 1.82) is 0 Å². The fraction of sp³-hybridized carbons (Fsp3) is 0.500. The summed E-state index contributed by atoms with van der Waals surface area (Å²) in [5.41, 5.74) is 0.967. The van der Waals surface area contributed by atoms with E-state index in [1.165, 1.54) is 11.0 Å². The van der Waals surface area contributed by atoms with Gasteiger partial charge in [-0.25, -0.2) is 4.79 Å². The van der Waals surface area contributed by atoms with Crippen molar-refractivity contribution in [2.24, 2.45) is 0 Å². The quantitative estimate of drug-likeness (QED) is 0.680. The lowest BCUT2D eigenvalue weighted by Crippen LogP contribution is -2.29. The summed E-state index contributed by atoms with van der Waals surface area (Å²) < 4.78 is 5.76. The molecule has 7 nitrogen and oxygen atoms in total. The highest BCUT2D eigenvalue weighted by Gasteiger charge is 2.29. The van der Waals surface area contributed by atoms with Crippen LogP contribution in [0.4, 0.5) is 10.5 Å². The zero-order valence-corrected chi connectivity index (χ0v) is 11.4. The molecule has 1 atom stereocenters. The highest BCUT2D eigenvalue weighted by atomic mass is 16.6. The molecule has 1 aliphatic heterocycles. The first-order valence-corrected chi connectivity index (χ1v) is 6.97. The van der Waals surface area contributed by atoms with Crippen LogP contribution in [-0.4, -0.2) is 40.2 Å². The van der Waals surface area contributed by atoms with Gasteiger partial charge in [0.25, 0.3) is 5.69 Å². The lowest BCUT2D eigenvalue weighted by atomic mass is 10.1. The third-order valence-corrected chi connectivity index (χ3v) is 3.89. The van der Waals surface area contributed by atoms with Crippen molar-refractivity contribution < 1.29 is 19.6 Å². The van der Waals surface area contributed by atoms with Crippen molar-refractivity contribution >= 4 is 11.8 Å². The Hall–Kier alpha value is -2.31. The average molecular weight is 292 g/mol. The van der Waals surface area contributed by atoms with Gasteiger partial charge < -0.3 is 14.7 Å². The number of nitrogens with zero attached hydrogens (tertiary/aromatic N) is 2. The van der Waals surface area contributed by atoms with Gasteiger partial charge in [0.15, 0.2) is 0 Å². The Labute approximate surface area is 121 Å². The van der Waals surface area contributed by atoms with E-state index in [0.717, 1.165) is 18.4 Å². The van der Waals surface area contributed by atoms with Crippen LogP contribution in [0.2, 0.25) is 0 Å². The zero-order chi connectivity index (χ0) is 15.0. The molecule has 1 saturated heterocycles. The minimum atomic E-state index is -0.959. The van der Waals surface area contributed by atoms with Crippen LogP contribution in [-0.2, 0) is 0 Å². The Balaban J connectivity index is 1.75. The molecule has 1 N–H and O–H groups in total. The number of non-ortho nitro benzene ring substituents is 1. The third kappa shape index (κ3) is 3.07. The molecule has 2 fully saturated rings. The first kappa shape index (κ1) is 13.7. The molecule has 21 heavy (non-hydrogen) atoms. The standard InChI is InChI=1S/C14H16N2O5/c17-14(18)15-4-3-12(8-15)21-13-6-10(9-1-2-9)5-11(7-13)16(19)20/h5-7,9,12H,1-4,8H2,(H,17,18)/t12-/m1/s1. The predicted molar refractivity (Wildman–Crippen MR) is 73.7 cm³/mol. The minimum absolute atomic E-state index is 0.0301. The van der Waals surface area contributed by atoms with Gasteiger partial charge in [-0.1, -0.05) is 0 Å². The van der Waals surface area contributed by atoms with Gasteiger partial charge >= 0.3 is 6.09 Å². The van der Waals surface area contributed by atoms with E-state index < -0.39 is 11.0 Å². The maximum absolute atomic E-state index is 11.0. The summed E-state index contributed by atoms with van der Waals surface area (Å²) in [5, 5.41) is 19.9. The summed E-state index contributed by atoms with van der Waals surface area (Å²) in [7, 11) is 0. The fourth-order valence-electron chi connectivity index (χ4n) is 2.62. The first-order valence-electron chi connectivity index (χ1n) is 6.97. The van der Waals surface area contributed by atoms with Crippen molar-refractivity contribution in [2.75, 3.05) is 13.1 Å². The van der Waals surface area contributed by atoms with Crippen LogP contribution in [0.15, 0.2) is 18.2 Å². The van der Waals surface area contributed by atoms with Crippen molar-refractivity contribution in [2.45, 2.75) is 31.3 Å². The maximum atomic E-state index is 11.0. The number of ether oxygens (including phenoxy) is 1. The molecular weight excluding hydrogens is 276 g/mol. The number of nitro benzene ring substituents is 1.